The molecular weight excluding hydrogens is 449 g/mol. The summed E-state index contributed by atoms with van der Waals surface area (Å²) in [4.78, 5) is 27.9. The van der Waals surface area contributed by atoms with Crippen LogP contribution in [0.15, 0.2) is 47.1 Å². The highest BCUT2D eigenvalue weighted by molar-refractivity contribution is 5.93. The fraction of sp³-hybridized carbons (Fsp3) is 0.562. The zero-order chi connectivity index (χ0) is 25.8. The molecular formula is C32H38FNO2. The third kappa shape index (κ3) is 3.53. The van der Waals surface area contributed by atoms with Crippen molar-refractivity contribution in [2.24, 2.45) is 22.7 Å². The van der Waals surface area contributed by atoms with Crippen molar-refractivity contribution in [3.63, 3.8) is 0 Å². The Kier molecular flexibility index (Phi) is 6.26. The highest BCUT2D eigenvalue weighted by Crippen LogP contribution is 2.70. The van der Waals surface area contributed by atoms with Gasteiger partial charge in [-0.2, -0.15) is 0 Å². The second-order valence-electron chi connectivity index (χ2n) is 11.7. The molecule has 0 heterocycles. The van der Waals surface area contributed by atoms with Crippen molar-refractivity contribution in [2.45, 2.75) is 77.8 Å². The van der Waals surface area contributed by atoms with Gasteiger partial charge >= 0.3 is 0 Å². The quantitative estimate of drug-likeness (QED) is 0.450. The molecule has 0 aliphatic heterocycles. The molecule has 1 unspecified atom stereocenters. The van der Waals surface area contributed by atoms with E-state index in [0.717, 1.165) is 30.5 Å². The van der Waals surface area contributed by atoms with E-state index in [1.807, 2.05) is 27.9 Å². The largest absolute Gasteiger partial charge is 0.378 e. The minimum atomic E-state index is -1.12. The summed E-state index contributed by atoms with van der Waals surface area (Å²) in [5.41, 5.74) is 4.40. The molecule has 190 valence electrons. The van der Waals surface area contributed by atoms with Gasteiger partial charge in [0.2, 0.25) is 0 Å². The van der Waals surface area contributed by atoms with Crippen LogP contribution in [0, 0.1) is 34.5 Å². The number of hydrogen-bond donors (Lipinski definition) is 0. The second kappa shape index (κ2) is 9.02. The Morgan fingerprint density at radius 3 is 2.56 bits per heavy atom. The number of carbonyl (C=O) groups excluding carboxylic acids is 2. The number of anilines is 1. The molecule has 6 atom stereocenters. The molecule has 4 aliphatic rings. The van der Waals surface area contributed by atoms with E-state index in [-0.39, 0.29) is 34.7 Å². The van der Waals surface area contributed by atoms with E-state index in [9.17, 15) is 9.59 Å². The summed E-state index contributed by atoms with van der Waals surface area (Å²) < 4.78 is 15.7. The van der Waals surface area contributed by atoms with E-state index in [1.165, 1.54) is 11.1 Å². The number of Topliss-reactive ketones (excluding diaryl/α,β-unsaturated/α-hetero) is 1. The molecule has 4 aliphatic carbocycles. The minimum Gasteiger partial charge on any atom is -0.378 e. The molecule has 0 saturated heterocycles. The normalized spacial score (nSPS) is 35.2. The number of carbonyl (C=O) groups is 2. The molecule has 3 nitrogen and oxygen atoms in total. The van der Waals surface area contributed by atoms with Crippen LogP contribution < -0.4 is 4.90 Å². The van der Waals surface area contributed by atoms with E-state index in [0.29, 0.717) is 31.3 Å². The molecule has 4 heteroatoms. The third-order valence-corrected chi connectivity index (χ3v) is 9.89. The number of fused-ring (bicyclic) bond motifs is 4. The average Bonchev–Trinajstić information content (AvgIpc) is 3.16. The van der Waals surface area contributed by atoms with E-state index in [4.69, 9.17) is 0 Å². The van der Waals surface area contributed by atoms with Crippen LogP contribution in [0.4, 0.5) is 10.1 Å². The van der Waals surface area contributed by atoms with Crippen LogP contribution in [0.2, 0.25) is 0 Å². The summed E-state index contributed by atoms with van der Waals surface area (Å²) in [7, 11) is 4.07. The van der Waals surface area contributed by atoms with Crippen LogP contribution in [-0.4, -0.2) is 31.8 Å². The van der Waals surface area contributed by atoms with Crippen molar-refractivity contribution in [3.8, 4) is 11.8 Å². The summed E-state index contributed by atoms with van der Waals surface area (Å²) in [6, 6.07) is 8.71. The number of ketones is 2. The number of allylic oxidation sites excluding steroid dienone is 4. The van der Waals surface area contributed by atoms with Crippen molar-refractivity contribution in [1.82, 2.24) is 0 Å². The van der Waals surface area contributed by atoms with Gasteiger partial charge in [-0.3, -0.25) is 9.59 Å². The van der Waals surface area contributed by atoms with Crippen molar-refractivity contribution in [1.29, 1.82) is 0 Å². The number of halogens is 1. The molecule has 1 aromatic rings. The van der Waals surface area contributed by atoms with Gasteiger partial charge in [-0.15, -0.1) is 5.92 Å². The van der Waals surface area contributed by atoms with Gasteiger partial charge < -0.3 is 4.90 Å². The first kappa shape index (κ1) is 25.0. The van der Waals surface area contributed by atoms with E-state index >= 15 is 4.39 Å². The van der Waals surface area contributed by atoms with Crippen LogP contribution in [0.5, 0.6) is 0 Å². The predicted molar refractivity (Wildman–Crippen MR) is 142 cm³/mol. The van der Waals surface area contributed by atoms with Crippen molar-refractivity contribution in [3.05, 3.63) is 52.6 Å². The lowest BCUT2D eigenvalue weighted by Gasteiger charge is -2.55. The van der Waals surface area contributed by atoms with Gasteiger partial charge in [0.1, 0.15) is 6.17 Å². The van der Waals surface area contributed by atoms with Gasteiger partial charge in [-0.1, -0.05) is 37.5 Å². The van der Waals surface area contributed by atoms with Gasteiger partial charge in [0.25, 0.3) is 0 Å². The Morgan fingerprint density at radius 1 is 1.19 bits per heavy atom. The zero-order valence-corrected chi connectivity index (χ0v) is 22.3. The molecule has 0 radical (unpaired) electrons. The first-order chi connectivity index (χ1) is 17.2. The second-order valence-corrected chi connectivity index (χ2v) is 11.7. The van der Waals surface area contributed by atoms with Gasteiger partial charge in [0.05, 0.1) is 5.41 Å². The topological polar surface area (TPSA) is 37.4 Å². The van der Waals surface area contributed by atoms with Crippen molar-refractivity contribution < 1.29 is 14.0 Å². The first-order valence-corrected chi connectivity index (χ1v) is 13.5. The number of alkyl halides is 1. The fourth-order valence-corrected chi connectivity index (χ4v) is 8.21. The summed E-state index contributed by atoms with van der Waals surface area (Å²) in [5.74, 6) is 7.21. The molecule has 0 aromatic heterocycles. The molecule has 1 aromatic carbocycles. The van der Waals surface area contributed by atoms with E-state index in [2.05, 4.69) is 47.9 Å². The Balaban J connectivity index is 1.72. The van der Waals surface area contributed by atoms with Gasteiger partial charge in [0, 0.05) is 38.5 Å². The number of nitrogens with zero attached hydrogens (tertiary/aromatic N) is 1. The SMILES string of the molecule is CC#C[C@]1(C(=O)CC)CC[C@H]2[C@@H]3CC(F)C4=CC(=O)CCC4=C3[C@@H](c3ccc(N(C)C)cc3)C[C@@]21C. The summed E-state index contributed by atoms with van der Waals surface area (Å²) in [5, 5.41) is 0. The highest BCUT2D eigenvalue weighted by atomic mass is 19.1. The molecule has 0 bridgehead atoms. The Hall–Kier alpha value is -2.67. The average molecular weight is 488 g/mol. The molecule has 0 N–H and O–H groups in total. The lowest BCUT2D eigenvalue weighted by molar-refractivity contribution is -0.132. The maximum Gasteiger partial charge on any atom is 0.156 e. The summed E-state index contributed by atoms with van der Waals surface area (Å²) >= 11 is 0. The third-order valence-electron chi connectivity index (χ3n) is 9.89. The maximum atomic E-state index is 15.7. The Bertz CT molecular complexity index is 1210. The zero-order valence-electron chi connectivity index (χ0n) is 22.3. The van der Waals surface area contributed by atoms with Crippen LogP contribution in [0.25, 0.3) is 0 Å². The summed E-state index contributed by atoms with van der Waals surface area (Å²) in [6.07, 6.45) is 4.89. The lowest BCUT2D eigenvalue weighted by Crippen LogP contribution is -2.51. The highest BCUT2D eigenvalue weighted by Gasteiger charge is 2.65. The molecule has 5 rings (SSSR count). The van der Waals surface area contributed by atoms with Gasteiger partial charge in [0.15, 0.2) is 11.6 Å². The molecule has 36 heavy (non-hydrogen) atoms. The predicted octanol–water partition coefficient (Wildman–Crippen LogP) is 6.59. The molecule has 0 amide bonds. The number of benzene rings is 1. The van der Waals surface area contributed by atoms with Crippen LogP contribution in [0.1, 0.15) is 77.2 Å². The van der Waals surface area contributed by atoms with E-state index < -0.39 is 11.6 Å². The van der Waals surface area contributed by atoms with Crippen LogP contribution >= 0.6 is 0 Å². The Morgan fingerprint density at radius 2 is 1.92 bits per heavy atom. The van der Waals surface area contributed by atoms with Gasteiger partial charge in [-0.25, -0.2) is 4.39 Å². The van der Waals surface area contributed by atoms with Crippen LogP contribution in [-0.2, 0) is 9.59 Å². The number of hydrogen-bond acceptors (Lipinski definition) is 3. The summed E-state index contributed by atoms with van der Waals surface area (Å²) in [6.45, 7) is 6.05. The van der Waals surface area contributed by atoms with Crippen LogP contribution in [0.3, 0.4) is 0 Å². The maximum absolute atomic E-state index is 15.7. The Labute approximate surface area is 215 Å². The molecule has 2 saturated carbocycles. The fourth-order valence-electron chi connectivity index (χ4n) is 8.21. The van der Waals surface area contributed by atoms with Crippen molar-refractivity contribution >= 4 is 17.3 Å². The first-order valence-electron chi connectivity index (χ1n) is 13.5. The monoisotopic (exact) mass is 487 g/mol. The lowest BCUT2D eigenvalue weighted by atomic mass is 9.48. The van der Waals surface area contributed by atoms with Gasteiger partial charge in [-0.05, 0) is 91.2 Å². The smallest absolute Gasteiger partial charge is 0.156 e. The molecule has 2 fully saturated rings. The number of rotatable bonds is 4. The van der Waals surface area contributed by atoms with E-state index in [1.54, 1.807) is 6.08 Å². The molecule has 0 spiro atoms. The van der Waals surface area contributed by atoms with Crippen molar-refractivity contribution in [2.75, 3.05) is 19.0 Å². The standard InChI is InChI=1S/C32H38FNO2/c1-6-15-32(29(36)7-2)16-14-27-25-18-28(33)24-17-22(35)12-13-23(24)30(25)26(19-31(27,32)3)20-8-10-21(11-9-20)34(4)5/h8-11,17,25-28H,7,12-14,16,18-19H2,1-5H3/t25-,26+,27-,28?,31-,32+/m0/s1. The minimum absolute atomic E-state index is 0.0367.